The Labute approximate surface area is 133 Å². The third-order valence-corrected chi connectivity index (χ3v) is 3.97. The van der Waals surface area contributed by atoms with Crippen molar-refractivity contribution in [1.29, 1.82) is 0 Å². The van der Waals surface area contributed by atoms with Crippen molar-refractivity contribution in [3.63, 3.8) is 0 Å². The summed E-state index contributed by atoms with van der Waals surface area (Å²) in [6.45, 7) is 2.81. The largest absolute Gasteiger partial charge is 0.355 e. The predicted octanol–water partition coefficient (Wildman–Crippen LogP) is 2.93. The molecule has 2 aromatic rings. The highest BCUT2D eigenvalue weighted by Gasteiger charge is 2.10. The fourth-order valence-corrected chi connectivity index (χ4v) is 2.65. The fraction of sp³-hybridized carbons (Fsp3) is 0.357. The van der Waals surface area contributed by atoms with Crippen molar-refractivity contribution >= 4 is 29.3 Å². The first-order chi connectivity index (χ1) is 10.2. The summed E-state index contributed by atoms with van der Waals surface area (Å²) in [4.78, 5) is 11.7. The van der Waals surface area contributed by atoms with Gasteiger partial charge < -0.3 is 5.32 Å². The molecule has 0 saturated heterocycles. The van der Waals surface area contributed by atoms with Crippen molar-refractivity contribution in [2.45, 2.75) is 24.9 Å². The molecule has 1 aromatic carbocycles. The molecule has 5 nitrogen and oxygen atoms in total. The number of thioether (sulfide) groups is 1. The maximum atomic E-state index is 11.7. The maximum Gasteiger partial charge on any atom is 0.230 e. The molecule has 1 aromatic heterocycles. The van der Waals surface area contributed by atoms with E-state index in [4.69, 9.17) is 11.6 Å². The molecule has 0 unspecified atom stereocenters. The lowest BCUT2D eigenvalue weighted by atomic mass is 10.3. The van der Waals surface area contributed by atoms with Crippen molar-refractivity contribution in [3.8, 4) is 5.69 Å². The van der Waals surface area contributed by atoms with E-state index in [1.807, 2.05) is 28.8 Å². The number of rotatable bonds is 7. The van der Waals surface area contributed by atoms with E-state index in [-0.39, 0.29) is 5.91 Å². The van der Waals surface area contributed by atoms with Crippen LogP contribution in [-0.2, 0) is 4.79 Å². The van der Waals surface area contributed by atoms with Crippen LogP contribution in [0.4, 0.5) is 0 Å². The topological polar surface area (TPSA) is 59.8 Å². The van der Waals surface area contributed by atoms with Crippen LogP contribution in [0.3, 0.4) is 0 Å². The summed E-state index contributed by atoms with van der Waals surface area (Å²) < 4.78 is 1.82. The van der Waals surface area contributed by atoms with Crippen molar-refractivity contribution in [2.75, 3.05) is 12.3 Å². The Kier molecular flexibility index (Phi) is 6.07. The van der Waals surface area contributed by atoms with Crippen molar-refractivity contribution in [1.82, 2.24) is 20.1 Å². The number of carbonyl (C=O) groups is 1. The van der Waals surface area contributed by atoms with Crippen LogP contribution in [0.15, 0.2) is 35.7 Å². The average molecular weight is 325 g/mol. The van der Waals surface area contributed by atoms with E-state index < -0.39 is 0 Å². The molecule has 1 heterocycles. The molecular weight excluding hydrogens is 308 g/mol. The van der Waals surface area contributed by atoms with Gasteiger partial charge in [-0.3, -0.25) is 9.36 Å². The van der Waals surface area contributed by atoms with E-state index >= 15 is 0 Å². The summed E-state index contributed by atoms with van der Waals surface area (Å²) in [6, 6.07) is 7.42. The summed E-state index contributed by atoms with van der Waals surface area (Å²) in [5.74, 6) is 0.331. The second-order valence-corrected chi connectivity index (χ2v) is 5.83. The van der Waals surface area contributed by atoms with Crippen LogP contribution in [0.5, 0.6) is 0 Å². The van der Waals surface area contributed by atoms with Gasteiger partial charge in [-0.2, -0.15) is 0 Å². The molecule has 21 heavy (non-hydrogen) atoms. The van der Waals surface area contributed by atoms with Crippen molar-refractivity contribution < 1.29 is 4.79 Å². The predicted molar refractivity (Wildman–Crippen MR) is 85.0 cm³/mol. The standard InChI is InChI=1S/C14H17ClN4OS/c1-2-3-7-16-13(20)9-21-14-18-17-10-19(14)12-6-4-5-11(15)8-12/h4-6,8,10H,2-3,7,9H2,1H3,(H,16,20). The van der Waals surface area contributed by atoms with Gasteiger partial charge in [0, 0.05) is 11.6 Å². The third-order valence-electron chi connectivity index (χ3n) is 2.79. The lowest BCUT2D eigenvalue weighted by Crippen LogP contribution is -2.26. The highest BCUT2D eigenvalue weighted by molar-refractivity contribution is 7.99. The van der Waals surface area contributed by atoms with E-state index in [1.54, 1.807) is 6.33 Å². The summed E-state index contributed by atoms with van der Waals surface area (Å²) in [6.07, 6.45) is 3.68. The highest BCUT2D eigenvalue weighted by Crippen LogP contribution is 2.21. The van der Waals surface area contributed by atoms with Crippen LogP contribution < -0.4 is 5.32 Å². The van der Waals surface area contributed by atoms with E-state index in [2.05, 4.69) is 22.4 Å². The van der Waals surface area contributed by atoms with Gasteiger partial charge in [-0.1, -0.05) is 42.8 Å². The number of nitrogens with zero attached hydrogens (tertiary/aromatic N) is 3. The Balaban J connectivity index is 1.96. The Morgan fingerprint density at radius 2 is 2.33 bits per heavy atom. The minimum Gasteiger partial charge on any atom is -0.355 e. The molecule has 0 atom stereocenters. The lowest BCUT2D eigenvalue weighted by molar-refractivity contribution is -0.118. The van der Waals surface area contributed by atoms with Gasteiger partial charge in [0.25, 0.3) is 0 Å². The summed E-state index contributed by atoms with van der Waals surface area (Å²) in [5, 5.41) is 12.1. The van der Waals surface area contributed by atoms with Crippen LogP contribution in [0.1, 0.15) is 19.8 Å². The van der Waals surface area contributed by atoms with Gasteiger partial charge >= 0.3 is 0 Å². The van der Waals surface area contributed by atoms with E-state index in [0.29, 0.717) is 15.9 Å². The van der Waals surface area contributed by atoms with E-state index in [1.165, 1.54) is 11.8 Å². The molecule has 0 saturated carbocycles. The molecule has 7 heteroatoms. The molecule has 0 spiro atoms. The van der Waals surface area contributed by atoms with Crippen LogP contribution in [0.25, 0.3) is 5.69 Å². The third kappa shape index (κ3) is 4.75. The Hall–Kier alpha value is -1.53. The van der Waals surface area contributed by atoms with Gasteiger partial charge in [-0.05, 0) is 24.6 Å². The number of aromatic nitrogens is 3. The van der Waals surface area contributed by atoms with E-state index in [0.717, 1.165) is 25.1 Å². The first kappa shape index (κ1) is 15.9. The molecule has 0 fully saturated rings. The number of unbranched alkanes of at least 4 members (excludes halogenated alkanes) is 1. The molecular formula is C14H17ClN4OS. The molecule has 0 bridgehead atoms. The lowest BCUT2D eigenvalue weighted by Gasteiger charge is -2.07. The monoisotopic (exact) mass is 324 g/mol. The molecule has 1 amide bonds. The zero-order chi connectivity index (χ0) is 15.1. The normalized spacial score (nSPS) is 10.6. The first-order valence-corrected chi connectivity index (χ1v) is 8.12. The quantitative estimate of drug-likeness (QED) is 0.628. The Bertz CT molecular complexity index is 602. The molecule has 0 radical (unpaired) electrons. The van der Waals surface area contributed by atoms with Crippen LogP contribution >= 0.6 is 23.4 Å². The summed E-state index contributed by atoms with van der Waals surface area (Å²) in [7, 11) is 0. The number of benzene rings is 1. The number of nitrogens with one attached hydrogen (secondary N) is 1. The first-order valence-electron chi connectivity index (χ1n) is 6.76. The van der Waals surface area contributed by atoms with Crippen LogP contribution in [-0.4, -0.2) is 33.0 Å². The van der Waals surface area contributed by atoms with Crippen LogP contribution in [0.2, 0.25) is 5.02 Å². The van der Waals surface area contributed by atoms with Gasteiger partial charge in [-0.15, -0.1) is 10.2 Å². The van der Waals surface area contributed by atoms with Gasteiger partial charge in [-0.25, -0.2) is 0 Å². The highest BCUT2D eigenvalue weighted by atomic mass is 35.5. The summed E-state index contributed by atoms with van der Waals surface area (Å²) >= 11 is 7.34. The van der Waals surface area contributed by atoms with Gasteiger partial charge in [0.15, 0.2) is 5.16 Å². The Morgan fingerprint density at radius 3 is 3.10 bits per heavy atom. The fourth-order valence-electron chi connectivity index (χ4n) is 1.71. The summed E-state index contributed by atoms with van der Waals surface area (Å²) in [5.41, 5.74) is 0.876. The zero-order valence-corrected chi connectivity index (χ0v) is 13.3. The second kappa shape index (κ2) is 8.05. The van der Waals surface area contributed by atoms with Gasteiger partial charge in [0.05, 0.1) is 11.4 Å². The molecule has 0 aliphatic carbocycles. The molecule has 1 N–H and O–H groups in total. The molecule has 112 valence electrons. The number of amides is 1. The number of carbonyl (C=O) groups excluding carboxylic acids is 1. The SMILES string of the molecule is CCCCNC(=O)CSc1nncn1-c1cccc(Cl)c1. The molecule has 0 aliphatic heterocycles. The van der Waals surface area contributed by atoms with Crippen LogP contribution in [0, 0.1) is 0 Å². The average Bonchev–Trinajstić information content (AvgIpc) is 2.94. The van der Waals surface area contributed by atoms with Crippen molar-refractivity contribution in [2.24, 2.45) is 0 Å². The minimum atomic E-state index is 0.00842. The maximum absolute atomic E-state index is 11.7. The molecule has 2 rings (SSSR count). The Morgan fingerprint density at radius 1 is 1.48 bits per heavy atom. The minimum absolute atomic E-state index is 0.00842. The van der Waals surface area contributed by atoms with Gasteiger partial charge in [0.1, 0.15) is 6.33 Å². The number of hydrogen-bond donors (Lipinski definition) is 1. The van der Waals surface area contributed by atoms with Gasteiger partial charge in [0.2, 0.25) is 5.91 Å². The van der Waals surface area contributed by atoms with Crippen molar-refractivity contribution in [3.05, 3.63) is 35.6 Å². The van der Waals surface area contributed by atoms with E-state index in [9.17, 15) is 4.79 Å². The number of halogens is 1. The molecule has 0 aliphatic rings. The smallest absolute Gasteiger partial charge is 0.230 e. The zero-order valence-electron chi connectivity index (χ0n) is 11.8. The second-order valence-electron chi connectivity index (χ2n) is 4.46. The number of hydrogen-bond acceptors (Lipinski definition) is 4.